The molecule has 3 heterocycles. The molecule has 8 heteroatoms. The van der Waals surface area contributed by atoms with Crippen molar-refractivity contribution in [3.8, 4) is 11.6 Å². The Morgan fingerprint density at radius 1 is 1.29 bits per heavy atom. The predicted molar refractivity (Wildman–Crippen MR) is 99.6 cm³/mol. The lowest BCUT2D eigenvalue weighted by Gasteiger charge is -2.32. The first kappa shape index (κ1) is 18.1. The van der Waals surface area contributed by atoms with Crippen LogP contribution >= 0.6 is 0 Å². The zero-order chi connectivity index (χ0) is 19.5. The number of hydrogen-bond donors (Lipinski definition) is 0. The van der Waals surface area contributed by atoms with Crippen LogP contribution in [0.1, 0.15) is 34.8 Å². The molecule has 1 aromatic carbocycles. The monoisotopic (exact) mass is 381 g/mol. The van der Waals surface area contributed by atoms with Crippen molar-refractivity contribution in [2.45, 2.75) is 18.8 Å². The molecule has 1 atom stereocenters. The summed E-state index contributed by atoms with van der Waals surface area (Å²) in [5, 5.41) is 4.07. The number of aromatic nitrogens is 4. The average molecular weight is 381 g/mol. The van der Waals surface area contributed by atoms with Gasteiger partial charge in [-0.15, -0.1) is 0 Å². The van der Waals surface area contributed by atoms with Gasteiger partial charge in [-0.05, 0) is 25.0 Å². The van der Waals surface area contributed by atoms with Crippen LogP contribution in [0.5, 0.6) is 11.6 Å². The average Bonchev–Trinajstić information content (AvgIpc) is 3.14. The quantitative estimate of drug-likeness (QED) is 0.694. The Morgan fingerprint density at radius 3 is 2.96 bits per heavy atom. The molecule has 4 rings (SSSR count). The third kappa shape index (κ3) is 4.00. The number of nitrogens with zero attached hydrogens (tertiary/aromatic N) is 5. The maximum Gasteiger partial charge on any atom is 0.257 e. The molecule has 0 saturated carbocycles. The van der Waals surface area contributed by atoms with E-state index >= 15 is 0 Å². The Balaban J connectivity index is 1.48. The van der Waals surface area contributed by atoms with Gasteiger partial charge in [-0.1, -0.05) is 6.07 Å². The summed E-state index contributed by atoms with van der Waals surface area (Å²) in [7, 11) is 1.79. The third-order valence-corrected chi connectivity index (χ3v) is 4.73. The molecule has 1 fully saturated rings. The van der Waals surface area contributed by atoms with Crippen molar-refractivity contribution in [2.75, 3.05) is 13.1 Å². The van der Waals surface area contributed by atoms with Crippen LogP contribution in [0.25, 0.3) is 0 Å². The zero-order valence-electron chi connectivity index (χ0n) is 15.5. The summed E-state index contributed by atoms with van der Waals surface area (Å²) in [6, 6.07) is 5.88. The molecular weight excluding hydrogens is 361 g/mol. The number of carbonyl (C=O) groups is 1. The Labute approximate surface area is 161 Å². The molecule has 1 amide bonds. The molecule has 1 aliphatic heterocycles. The van der Waals surface area contributed by atoms with E-state index in [-0.39, 0.29) is 17.6 Å². The summed E-state index contributed by atoms with van der Waals surface area (Å²) in [5.41, 5.74) is 1.34. The largest absolute Gasteiger partial charge is 0.437 e. The van der Waals surface area contributed by atoms with Crippen molar-refractivity contribution in [3.63, 3.8) is 0 Å². The molecule has 28 heavy (non-hydrogen) atoms. The molecule has 0 unspecified atom stereocenters. The molecule has 1 aliphatic rings. The van der Waals surface area contributed by atoms with E-state index in [0.717, 1.165) is 18.5 Å². The van der Waals surface area contributed by atoms with Crippen molar-refractivity contribution < 1.29 is 13.9 Å². The normalized spacial score (nSPS) is 16.8. The van der Waals surface area contributed by atoms with Crippen LogP contribution in [0.3, 0.4) is 0 Å². The van der Waals surface area contributed by atoms with Gasteiger partial charge in [0.2, 0.25) is 5.88 Å². The van der Waals surface area contributed by atoms with Gasteiger partial charge in [0.25, 0.3) is 5.91 Å². The first-order chi connectivity index (χ1) is 13.6. The second-order valence-electron chi connectivity index (χ2n) is 6.83. The Kier molecular flexibility index (Phi) is 5.01. The van der Waals surface area contributed by atoms with Crippen molar-refractivity contribution in [1.82, 2.24) is 24.6 Å². The summed E-state index contributed by atoms with van der Waals surface area (Å²) < 4.78 is 20.6. The van der Waals surface area contributed by atoms with E-state index in [1.165, 1.54) is 18.3 Å². The molecule has 144 valence electrons. The lowest BCUT2D eigenvalue weighted by Crippen LogP contribution is -2.39. The van der Waals surface area contributed by atoms with Crippen molar-refractivity contribution in [3.05, 3.63) is 66.1 Å². The molecule has 1 saturated heterocycles. The fourth-order valence-electron chi connectivity index (χ4n) is 3.38. The number of aryl methyl sites for hydroxylation is 1. The summed E-state index contributed by atoms with van der Waals surface area (Å²) in [6.07, 6.45) is 8.29. The lowest BCUT2D eigenvalue weighted by atomic mass is 9.94. The highest BCUT2D eigenvalue weighted by molar-refractivity contribution is 5.93. The maximum atomic E-state index is 13.3. The topological polar surface area (TPSA) is 73.1 Å². The van der Waals surface area contributed by atoms with Gasteiger partial charge in [-0.25, -0.2) is 9.37 Å². The molecule has 0 aliphatic carbocycles. The van der Waals surface area contributed by atoms with Crippen LogP contribution in [0.4, 0.5) is 4.39 Å². The second-order valence-corrected chi connectivity index (χ2v) is 6.83. The Hall–Kier alpha value is -3.29. The third-order valence-electron chi connectivity index (χ3n) is 4.73. The Bertz CT molecular complexity index is 990. The van der Waals surface area contributed by atoms with E-state index in [2.05, 4.69) is 15.1 Å². The van der Waals surface area contributed by atoms with Crippen LogP contribution < -0.4 is 4.74 Å². The van der Waals surface area contributed by atoms with E-state index in [4.69, 9.17) is 4.74 Å². The SMILES string of the molecule is Cn1cc(C(=O)N2CCC[C@@H](c3cncc(Oc4cccc(F)c4)n3)C2)cn1. The summed E-state index contributed by atoms with van der Waals surface area (Å²) in [4.78, 5) is 23.3. The number of amides is 1. The molecule has 0 radical (unpaired) electrons. The highest BCUT2D eigenvalue weighted by Gasteiger charge is 2.27. The van der Waals surface area contributed by atoms with E-state index < -0.39 is 0 Å². The van der Waals surface area contributed by atoms with Gasteiger partial charge >= 0.3 is 0 Å². The minimum atomic E-state index is -0.376. The predicted octanol–water partition coefficient (Wildman–Crippen LogP) is 3.16. The van der Waals surface area contributed by atoms with Crippen LogP contribution in [-0.2, 0) is 7.05 Å². The number of carbonyl (C=O) groups excluding carboxylic acids is 1. The van der Waals surface area contributed by atoms with E-state index in [9.17, 15) is 9.18 Å². The van der Waals surface area contributed by atoms with Gasteiger partial charge in [-0.2, -0.15) is 5.10 Å². The molecule has 0 N–H and O–H groups in total. The number of halogens is 1. The fourth-order valence-corrected chi connectivity index (χ4v) is 3.38. The highest BCUT2D eigenvalue weighted by Crippen LogP contribution is 2.28. The zero-order valence-corrected chi connectivity index (χ0v) is 15.5. The summed E-state index contributed by atoms with van der Waals surface area (Å²) >= 11 is 0. The number of rotatable bonds is 4. The first-order valence-corrected chi connectivity index (χ1v) is 9.12. The second kappa shape index (κ2) is 7.75. The molecule has 7 nitrogen and oxygen atoms in total. The van der Waals surface area contributed by atoms with E-state index in [1.807, 2.05) is 4.90 Å². The van der Waals surface area contributed by atoms with Crippen LogP contribution in [0, 0.1) is 5.82 Å². The van der Waals surface area contributed by atoms with Gasteiger partial charge in [0.1, 0.15) is 11.6 Å². The highest BCUT2D eigenvalue weighted by atomic mass is 19.1. The van der Waals surface area contributed by atoms with Gasteiger partial charge in [0.15, 0.2) is 0 Å². The minimum absolute atomic E-state index is 0.0297. The smallest absolute Gasteiger partial charge is 0.257 e. The maximum absolute atomic E-state index is 13.3. The standard InChI is InChI=1S/C20H20FN5O2/c1-25-12-15(9-23-25)20(27)26-7-3-4-14(13-26)18-10-22-11-19(24-18)28-17-6-2-5-16(21)8-17/h2,5-6,8-12,14H,3-4,7,13H2,1H3/t14-/m1/s1. The van der Waals surface area contributed by atoms with E-state index in [1.54, 1.807) is 42.5 Å². The van der Waals surface area contributed by atoms with Crippen LogP contribution in [0.15, 0.2) is 49.1 Å². The molecule has 3 aromatic rings. The minimum Gasteiger partial charge on any atom is -0.437 e. The number of likely N-dealkylation sites (tertiary alicyclic amines) is 1. The molecule has 0 spiro atoms. The molecular formula is C20H20FN5O2. The molecule has 0 bridgehead atoms. The van der Waals surface area contributed by atoms with Crippen LogP contribution in [0.2, 0.25) is 0 Å². The fraction of sp³-hybridized carbons (Fsp3) is 0.300. The van der Waals surface area contributed by atoms with Crippen molar-refractivity contribution in [2.24, 2.45) is 7.05 Å². The van der Waals surface area contributed by atoms with E-state index in [0.29, 0.717) is 30.3 Å². The van der Waals surface area contributed by atoms with Gasteiger partial charge in [-0.3, -0.25) is 14.5 Å². The van der Waals surface area contributed by atoms with Crippen molar-refractivity contribution in [1.29, 1.82) is 0 Å². The van der Waals surface area contributed by atoms with Crippen molar-refractivity contribution >= 4 is 5.91 Å². The van der Waals surface area contributed by atoms with Gasteiger partial charge in [0.05, 0.1) is 23.7 Å². The number of ether oxygens (including phenoxy) is 1. The first-order valence-electron chi connectivity index (χ1n) is 9.12. The van der Waals surface area contributed by atoms with Crippen LogP contribution in [-0.4, -0.2) is 43.6 Å². The number of benzene rings is 1. The number of piperidine rings is 1. The summed E-state index contributed by atoms with van der Waals surface area (Å²) in [6.45, 7) is 1.27. The molecule has 2 aromatic heterocycles. The summed E-state index contributed by atoms with van der Waals surface area (Å²) in [5.74, 6) is 0.330. The van der Waals surface area contributed by atoms with Gasteiger partial charge in [0, 0.05) is 44.5 Å². The Morgan fingerprint density at radius 2 is 2.18 bits per heavy atom. The number of hydrogen-bond acceptors (Lipinski definition) is 5. The van der Waals surface area contributed by atoms with Gasteiger partial charge < -0.3 is 9.64 Å². The lowest BCUT2D eigenvalue weighted by molar-refractivity contribution is 0.0705.